The first kappa shape index (κ1) is 14.5. The van der Waals surface area contributed by atoms with E-state index in [0.29, 0.717) is 6.54 Å². The van der Waals surface area contributed by atoms with Gasteiger partial charge in [-0.25, -0.2) is 4.79 Å². The van der Waals surface area contributed by atoms with Crippen LogP contribution in [0, 0.1) is 5.41 Å². The lowest BCUT2D eigenvalue weighted by atomic mass is 9.83. The summed E-state index contributed by atoms with van der Waals surface area (Å²) in [5.41, 5.74) is 0.582. The van der Waals surface area contributed by atoms with Gasteiger partial charge in [0.15, 0.2) is 0 Å². The Morgan fingerprint density at radius 1 is 1.35 bits per heavy atom. The second-order valence-electron chi connectivity index (χ2n) is 5.48. The van der Waals surface area contributed by atoms with Crippen molar-refractivity contribution in [3.8, 4) is 0 Å². The largest absolute Gasteiger partial charge is 0.478 e. The molecule has 0 aliphatic heterocycles. The van der Waals surface area contributed by atoms with Gasteiger partial charge in [0.05, 0.1) is 5.56 Å². The summed E-state index contributed by atoms with van der Waals surface area (Å²) in [5.74, 6) is -1.28. The van der Waals surface area contributed by atoms with E-state index in [-0.39, 0.29) is 22.6 Å². The highest BCUT2D eigenvalue weighted by atomic mass is 16.4. The molecular weight excluding hydrogens is 256 g/mol. The summed E-state index contributed by atoms with van der Waals surface area (Å²) in [5, 5.41) is 11.7. The van der Waals surface area contributed by atoms with Crippen molar-refractivity contribution in [2.45, 2.75) is 39.0 Å². The van der Waals surface area contributed by atoms with Crippen LogP contribution in [0.4, 0.5) is 0 Å². The molecule has 20 heavy (non-hydrogen) atoms. The molecular formula is C15H20N2O3. The number of nitrogens with zero attached hydrogens (tertiary/aromatic N) is 1. The Hall–Kier alpha value is -1.91. The Kier molecular flexibility index (Phi) is 4.37. The van der Waals surface area contributed by atoms with Gasteiger partial charge in [-0.15, -0.1) is 0 Å². The predicted molar refractivity (Wildman–Crippen MR) is 74.7 cm³/mol. The van der Waals surface area contributed by atoms with Gasteiger partial charge >= 0.3 is 5.97 Å². The number of aromatic nitrogens is 1. The molecule has 1 fully saturated rings. The van der Waals surface area contributed by atoms with Crippen LogP contribution in [0.1, 0.15) is 59.9 Å². The highest BCUT2D eigenvalue weighted by Gasteiger charge is 2.32. The smallest absolute Gasteiger partial charge is 0.337 e. The van der Waals surface area contributed by atoms with Crippen LogP contribution in [0.2, 0.25) is 0 Å². The van der Waals surface area contributed by atoms with E-state index in [1.54, 1.807) is 0 Å². The SMILES string of the molecule is CCC1(CNC(=O)c2ccc(C(=O)O)cn2)CCCC1. The monoisotopic (exact) mass is 276 g/mol. The second-order valence-corrected chi connectivity index (χ2v) is 5.48. The minimum Gasteiger partial charge on any atom is -0.478 e. The fourth-order valence-corrected chi connectivity index (χ4v) is 2.79. The minimum atomic E-state index is -1.04. The van der Waals surface area contributed by atoms with Crippen molar-refractivity contribution in [1.29, 1.82) is 0 Å². The Labute approximate surface area is 118 Å². The van der Waals surface area contributed by atoms with Crippen LogP contribution in [-0.2, 0) is 0 Å². The first-order valence-corrected chi connectivity index (χ1v) is 7.04. The van der Waals surface area contributed by atoms with Crippen molar-refractivity contribution in [1.82, 2.24) is 10.3 Å². The number of rotatable bonds is 5. The molecule has 1 aromatic heterocycles. The van der Waals surface area contributed by atoms with Gasteiger partial charge in [-0.2, -0.15) is 0 Å². The predicted octanol–water partition coefficient (Wildman–Crippen LogP) is 2.48. The molecule has 0 atom stereocenters. The molecule has 2 rings (SSSR count). The van der Waals surface area contributed by atoms with Crippen molar-refractivity contribution in [3.63, 3.8) is 0 Å². The molecule has 0 radical (unpaired) electrons. The van der Waals surface area contributed by atoms with E-state index in [2.05, 4.69) is 17.2 Å². The summed E-state index contributed by atoms with van der Waals surface area (Å²) in [6.07, 6.45) is 7.07. The van der Waals surface area contributed by atoms with Gasteiger partial charge in [-0.3, -0.25) is 9.78 Å². The molecule has 5 nitrogen and oxygen atoms in total. The lowest BCUT2D eigenvalue weighted by Crippen LogP contribution is -2.36. The maximum Gasteiger partial charge on any atom is 0.337 e. The number of nitrogens with one attached hydrogen (secondary N) is 1. The average Bonchev–Trinajstić information content (AvgIpc) is 2.94. The Bertz CT molecular complexity index is 490. The van der Waals surface area contributed by atoms with Gasteiger partial charge in [0.1, 0.15) is 5.69 Å². The molecule has 1 amide bonds. The molecule has 1 aliphatic carbocycles. The van der Waals surface area contributed by atoms with E-state index in [4.69, 9.17) is 5.11 Å². The number of carboxylic acid groups (broad SMARTS) is 1. The first-order valence-electron chi connectivity index (χ1n) is 7.04. The van der Waals surface area contributed by atoms with Crippen LogP contribution in [0.15, 0.2) is 18.3 Å². The molecule has 1 aromatic rings. The van der Waals surface area contributed by atoms with E-state index in [9.17, 15) is 9.59 Å². The van der Waals surface area contributed by atoms with E-state index < -0.39 is 5.97 Å². The third kappa shape index (κ3) is 3.15. The number of carboxylic acids is 1. The third-order valence-electron chi connectivity index (χ3n) is 4.28. The molecule has 1 saturated carbocycles. The summed E-state index contributed by atoms with van der Waals surface area (Å²) < 4.78 is 0. The fourth-order valence-electron chi connectivity index (χ4n) is 2.79. The Morgan fingerprint density at radius 3 is 2.55 bits per heavy atom. The number of hydrogen-bond donors (Lipinski definition) is 2. The van der Waals surface area contributed by atoms with Gasteiger partial charge in [-0.1, -0.05) is 19.8 Å². The van der Waals surface area contributed by atoms with Crippen LogP contribution < -0.4 is 5.32 Å². The number of pyridine rings is 1. The molecule has 108 valence electrons. The van der Waals surface area contributed by atoms with E-state index in [0.717, 1.165) is 19.3 Å². The molecule has 0 saturated heterocycles. The Morgan fingerprint density at radius 2 is 2.05 bits per heavy atom. The molecule has 0 spiro atoms. The number of hydrogen-bond acceptors (Lipinski definition) is 3. The van der Waals surface area contributed by atoms with Gasteiger partial charge in [0.25, 0.3) is 5.91 Å². The molecule has 0 aromatic carbocycles. The van der Waals surface area contributed by atoms with Crippen molar-refractivity contribution >= 4 is 11.9 Å². The summed E-state index contributed by atoms with van der Waals surface area (Å²) >= 11 is 0. The molecule has 0 bridgehead atoms. The summed E-state index contributed by atoms with van der Waals surface area (Å²) in [6, 6.07) is 2.85. The van der Waals surface area contributed by atoms with Crippen molar-refractivity contribution in [2.75, 3.05) is 6.54 Å². The van der Waals surface area contributed by atoms with E-state index in [1.165, 1.54) is 31.2 Å². The molecule has 0 unspecified atom stereocenters. The number of aromatic carboxylic acids is 1. The third-order valence-corrected chi connectivity index (χ3v) is 4.28. The lowest BCUT2D eigenvalue weighted by Gasteiger charge is -2.27. The molecule has 1 aliphatic rings. The van der Waals surface area contributed by atoms with Crippen LogP contribution in [-0.4, -0.2) is 28.5 Å². The summed E-state index contributed by atoms with van der Waals surface area (Å²) in [7, 11) is 0. The molecule has 1 heterocycles. The number of carbonyl (C=O) groups excluding carboxylic acids is 1. The fraction of sp³-hybridized carbons (Fsp3) is 0.533. The van der Waals surface area contributed by atoms with Crippen molar-refractivity contribution in [3.05, 3.63) is 29.6 Å². The second kappa shape index (κ2) is 6.03. The zero-order valence-electron chi connectivity index (χ0n) is 11.7. The first-order chi connectivity index (χ1) is 9.56. The quantitative estimate of drug-likeness (QED) is 0.866. The van der Waals surface area contributed by atoms with Gasteiger partial charge in [-0.05, 0) is 36.8 Å². The Balaban J connectivity index is 1.96. The topological polar surface area (TPSA) is 79.3 Å². The minimum absolute atomic E-state index is 0.0855. The maximum atomic E-state index is 12.0. The van der Waals surface area contributed by atoms with Crippen LogP contribution >= 0.6 is 0 Å². The van der Waals surface area contributed by atoms with Crippen LogP contribution in [0.5, 0.6) is 0 Å². The maximum absolute atomic E-state index is 12.0. The van der Waals surface area contributed by atoms with E-state index >= 15 is 0 Å². The highest BCUT2D eigenvalue weighted by molar-refractivity contribution is 5.93. The highest BCUT2D eigenvalue weighted by Crippen LogP contribution is 2.40. The lowest BCUT2D eigenvalue weighted by molar-refractivity contribution is 0.0695. The van der Waals surface area contributed by atoms with E-state index in [1.807, 2.05) is 0 Å². The normalized spacial score (nSPS) is 16.9. The van der Waals surface area contributed by atoms with Gasteiger partial charge in [0, 0.05) is 12.7 Å². The summed E-state index contributed by atoms with van der Waals surface area (Å²) in [4.78, 5) is 26.6. The van der Waals surface area contributed by atoms with Gasteiger partial charge < -0.3 is 10.4 Å². The van der Waals surface area contributed by atoms with Crippen LogP contribution in [0.3, 0.4) is 0 Å². The van der Waals surface area contributed by atoms with Crippen molar-refractivity contribution < 1.29 is 14.7 Å². The van der Waals surface area contributed by atoms with Crippen molar-refractivity contribution in [2.24, 2.45) is 5.41 Å². The number of carbonyl (C=O) groups is 2. The standard InChI is InChI=1S/C15H20N2O3/c1-2-15(7-3-4-8-15)10-17-13(18)12-6-5-11(9-16-12)14(19)20/h5-6,9H,2-4,7-8,10H2,1H3,(H,17,18)(H,19,20). The van der Waals surface area contributed by atoms with Gasteiger partial charge in [0.2, 0.25) is 0 Å². The molecule has 5 heteroatoms. The summed E-state index contributed by atoms with van der Waals surface area (Å²) in [6.45, 7) is 2.84. The molecule has 2 N–H and O–H groups in total. The number of amides is 1. The van der Waals surface area contributed by atoms with Crippen LogP contribution in [0.25, 0.3) is 0 Å². The zero-order chi connectivity index (χ0) is 14.6. The zero-order valence-corrected chi connectivity index (χ0v) is 11.7. The average molecular weight is 276 g/mol.